The number of hydrogen-bond donors (Lipinski definition) is 1. The Balaban J connectivity index is 1.83. The van der Waals surface area contributed by atoms with Gasteiger partial charge in [-0.25, -0.2) is 9.50 Å². The maximum atomic E-state index is 5.54. The van der Waals surface area contributed by atoms with E-state index in [0.29, 0.717) is 5.88 Å². The number of ether oxygens (including phenoxy) is 1. The first-order chi connectivity index (χ1) is 11.3. The highest BCUT2D eigenvalue weighted by Crippen LogP contribution is 2.31. The predicted octanol–water partition coefficient (Wildman–Crippen LogP) is 0.548. The Morgan fingerprint density at radius 2 is 1.96 bits per heavy atom. The molecule has 120 valence electrons. The van der Waals surface area contributed by atoms with Crippen molar-refractivity contribution in [1.82, 2.24) is 29.7 Å². The van der Waals surface area contributed by atoms with Gasteiger partial charge in [0, 0.05) is 45.0 Å². The minimum Gasteiger partial charge on any atom is -0.479 e. The first kappa shape index (κ1) is 14.0. The van der Waals surface area contributed by atoms with E-state index < -0.39 is 0 Å². The molecular weight excluding hydrogens is 294 g/mol. The van der Waals surface area contributed by atoms with Crippen LogP contribution in [0.3, 0.4) is 0 Å². The number of piperazine rings is 1. The second-order valence-electron chi connectivity index (χ2n) is 5.60. The molecule has 0 unspecified atom stereocenters. The Kier molecular flexibility index (Phi) is 3.38. The molecular formula is C15H19N7O. The molecule has 0 spiro atoms. The van der Waals surface area contributed by atoms with E-state index in [9.17, 15) is 0 Å². The van der Waals surface area contributed by atoms with E-state index in [1.54, 1.807) is 18.0 Å². The maximum Gasteiger partial charge on any atom is 0.242 e. The van der Waals surface area contributed by atoms with Crippen molar-refractivity contribution in [3.63, 3.8) is 0 Å². The first-order valence-corrected chi connectivity index (χ1v) is 7.63. The highest BCUT2D eigenvalue weighted by Gasteiger charge is 2.20. The zero-order valence-electron chi connectivity index (χ0n) is 13.2. The fourth-order valence-electron chi connectivity index (χ4n) is 2.94. The van der Waals surface area contributed by atoms with Crippen LogP contribution < -0.4 is 15.0 Å². The van der Waals surface area contributed by atoms with Crippen molar-refractivity contribution < 1.29 is 4.74 Å². The summed E-state index contributed by atoms with van der Waals surface area (Å²) in [6.45, 7) is 3.85. The highest BCUT2D eigenvalue weighted by atomic mass is 16.5. The summed E-state index contributed by atoms with van der Waals surface area (Å²) in [5, 5.41) is 12.1. The highest BCUT2D eigenvalue weighted by molar-refractivity contribution is 5.79. The predicted molar refractivity (Wildman–Crippen MR) is 86.8 cm³/mol. The molecule has 1 saturated heterocycles. The van der Waals surface area contributed by atoms with E-state index in [4.69, 9.17) is 4.74 Å². The molecule has 3 aromatic heterocycles. The van der Waals surface area contributed by atoms with Crippen LogP contribution in [-0.2, 0) is 7.05 Å². The van der Waals surface area contributed by atoms with Gasteiger partial charge in [0.25, 0.3) is 0 Å². The fourth-order valence-corrected chi connectivity index (χ4v) is 2.94. The number of rotatable bonds is 3. The van der Waals surface area contributed by atoms with Crippen molar-refractivity contribution in [2.75, 3.05) is 38.2 Å². The molecule has 0 radical (unpaired) electrons. The molecule has 1 N–H and O–H groups in total. The summed E-state index contributed by atoms with van der Waals surface area (Å²) in [4.78, 5) is 6.96. The molecule has 0 atom stereocenters. The lowest BCUT2D eigenvalue weighted by Crippen LogP contribution is -2.43. The average molecular weight is 313 g/mol. The van der Waals surface area contributed by atoms with Crippen molar-refractivity contribution >= 4 is 11.2 Å². The van der Waals surface area contributed by atoms with Crippen LogP contribution in [0.5, 0.6) is 5.88 Å². The molecule has 0 saturated carbocycles. The number of nitrogens with zero attached hydrogens (tertiary/aromatic N) is 6. The second-order valence-corrected chi connectivity index (χ2v) is 5.60. The zero-order chi connectivity index (χ0) is 15.8. The lowest BCUT2D eigenvalue weighted by Gasteiger charge is -2.28. The van der Waals surface area contributed by atoms with Crippen LogP contribution in [0.4, 0.5) is 5.69 Å². The maximum absolute atomic E-state index is 5.54. The molecule has 0 bridgehead atoms. The van der Waals surface area contributed by atoms with Gasteiger partial charge in [-0.15, -0.1) is 0 Å². The topological polar surface area (TPSA) is 72.5 Å². The molecule has 4 rings (SSSR count). The monoisotopic (exact) mass is 313 g/mol. The van der Waals surface area contributed by atoms with Crippen molar-refractivity contribution in [2.24, 2.45) is 7.05 Å². The molecule has 0 aromatic carbocycles. The van der Waals surface area contributed by atoms with E-state index in [1.165, 1.54) is 0 Å². The number of fused-ring (bicyclic) bond motifs is 1. The average Bonchev–Trinajstić information content (AvgIpc) is 3.21. The van der Waals surface area contributed by atoms with Crippen LogP contribution in [0.25, 0.3) is 16.8 Å². The Morgan fingerprint density at radius 3 is 2.65 bits per heavy atom. The van der Waals surface area contributed by atoms with E-state index in [1.807, 2.05) is 30.2 Å². The van der Waals surface area contributed by atoms with Crippen molar-refractivity contribution in [1.29, 1.82) is 0 Å². The smallest absolute Gasteiger partial charge is 0.242 e. The van der Waals surface area contributed by atoms with Gasteiger partial charge in [-0.05, 0) is 0 Å². The standard InChI is InChI=1S/C15H19N7O/c1-20-9-11(7-17-20)12-10-22-14(15(19-12)23-2)13(8-18-22)21-5-3-16-4-6-21/h7-10,16H,3-6H2,1-2H3. The van der Waals surface area contributed by atoms with Crippen LogP contribution in [0.1, 0.15) is 0 Å². The van der Waals surface area contributed by atoms with Crippen molar-refractivity contribution in [3.05, 3.63) is 24.8 Å². The largest absolute Gasteiger partial charge is 0.479 e. The van der Waals surface area contributed by atoms with Crippen molar-refractivity contribution in [2.45, 2.75) is 0 Å². The quantitative estimate of drug-likeness (QED) is 0.761. The Labute approximate surface area is 133 Å². The van der Waals surface area contributed by atoms with Gasteiger partial charge in [0.1, 0.15) is 0 Å². The Morgan fingerprint density at radius 1 is 1.13 bits per heavy atom. The van der Waals surface area contributed by atoms with Crippen LogP contribution >= 0.6 is 0 Å². The molecule has 1 aliphatic rings. The second kappa shape index (κ2) is 5.54. The number of hydrogen-bond acceptors (Lipinski definition) is 6. The number of nitrogens with one attached hydrogen (secondary N) is 1. The Bertz CT molecular complexity index is 832. The molecule has 1 aliphatic heterocycles. The summed E-state index contributed by atoms with van der Waals surface area (Å²) in [5.74, 6) is 0.581. The van der Waals surface area contributed by atoms with Gasteiger partial charge in [-0.3, -0.25) is 4.68 Å². The van der Waals surface area contributed by atoms with Gasteiger partial charge < -0.3 is 15.0 Å². The third-order valence-corrected chi connectivity index (χ3v) is 4.10. The number of aromatic nitrogens is 5. The molecule has 0 aliphatic carbocycles. The van der Waals surface area contributed by atoms with E-state index in [2.05, 4.69) is 25.4 Å². The minimum atomic E-state index is 0.581. The fraction of sp³-hybridized carbons (Fsp3) is 0.400. The molecule has 0 amide bonds. The van der Waals surface area contributed by atoms with Gasteiger partial charge in [-0.2, -0.15) is 10.2 Å². The minimum absolute atomic E-state index is 0.581. The lowest BCUT2D eigenvalue weighted by molar-refractivity contribution is 0.401. The van der Waals surface area contributed by atoms with Crippen LogP contribution in [0.15, 0.2) is 24.8 Å². The summed E-state index contributed by atoms with van der Waals surface area (Å²) in [5.41, 5.74) is 3.69. The summed E-state index contributed by atoms with van der Waals surface area (Å²) >= 11 is 0. The van der Waals surface area contributed by atoms with Gasteiger partial charge in [0.2, 0.25) is 5.88 Å². The third kappa shape index (κ3) is 2.40. The van der Waals surface area contributed by atoms with E-state index in [-0.39, 0.29) is 0 Å². The zero-order valence-corrected chi connectivity index (χ0v) is 13.2. The van der Waals surface area contributed by atoms with E-state index in [0.717, 1.165) is 48.6 Å². The SMILES string of the molecule is COc1nc(-c2cnn(C)c2)cn2ncc(N3CCNCC3)c12. The Hall–Kier alpha value is -2.61. The lowest BCUT2D eigenvalue weighted by atomic mass is 10.2. The van der Waals surface area contributed by atoms with Crippen LogP contribution in [0.2, 0.25) is 0 Å². The molecule has 4 heterocycles. The summed E-state index contributed by atoms with van der Waals surface area (Å²) in [7, 11) is 3.53. The molecule has 3 aromatic rings. The van der Waals surface area contributed by atoms with Gasteiger partial charge in [-0.1, -0.05) is 0 Å². The van der Waals surface area contributed by atoms with Gasteiger partial charge >= 0.3 is 0 Å². The normalized spacial score (nSPS) is 15.3. The molecule has 1 fully saturated rings. The first-order valence-electron chi connectivity index (χ1n) is 7.63. The van der Waals surface area contributed by atoms with Gasteiger partial charge in [0.05, 0.1) is 37.1 Å². The van der Waals surface area contributed by atoms with Crippen molar-refractivity contribution in [3.8, 4) is 17.1 Å². The third-order valence-electron chi connectivity index (χ3n) is 4.10. The molecule has 8 nitrogen and oxygen atoms in total. The van der Waals surface area contributed by atoms with Crippen LogP contribution in [0, 0.1) is 0 Å². The summed E-state index contributed by atoms with van der Waals surface area (Å²) in [6, 6.07) is 0. The number of aryl methyl sites for hydroxylation is 1. The number of anilines is 1. The summed E-state index contributed by atoms with van der Waals surface area (Å²) in [6.07, 6.45) is 7.51. The van der Waals surface area contributed by atoms with E-state index >= 15 is 0 Å². The molecule has 23 heavy (non-hydrogen) atoms. The van der Waals surface area contributed by atoms with Crippen LogP contribution in [-0.4, -0.2) is 57.7 Å². The molecule has 8 heteroatoms. The van der Waals surface area contributed by atoms with Gasteiger partial charge in [0.15, 0.2) is 5.52 Å². The summed E-state index contributed by atoms with van der Waals surface area (Å²) < 4.78 is 9.14. The number of methoxy groups -OCH3 is 1.